The third kappa shape index (κ3) is 6.03. The van der Waals surface area contributed by atoms with Crippen molar-refractivity contribution in [3.05, 3.63) is 17.0 Å². The van der Waals surface area contributed by atoms with Crippen molar-refractivity contribution < 1.29 is 14.3 Å². The molecule has 29 heavy (non-hydrogen) atoms. The minimum Gasteiger partial charge on any atom is -0.381 e. The maximum atomic E-state index is 12.6. The van der Waals surface area contributed by atoms with Crippen LogP contribution in [0.15, 0.2) is 0 Å². The normalized spacial score (nSPS) is 21.6. The lowest BCUT2D eigenvalue weighted by Crippen LogP contribution is -2.52. The lowest BCUT2D eigenvalue weighted by molar-refractivity contribution is -0.121. The smallest absolute Gasteiger partial charge is 0.220 e. The number of amides is 1. The average molecular weight is 407 g/mol. The Morgan fingerprint density at radius 2 is 1.97 bits per heavy atom. The van der Waals surface area contributed by atoms with Crippen molar-refractivity contribution in [1.29, 1.82) is 0 Å². The third-order valence-corrected chi connectivity index (χ3v) is 6.20. The van der Waals surface area contributed by atoms with Gasteiger partial charge in [-0.1, -0.05) is 13.8 Å². The van der Waals surface area contributed by atoms with Gasteiger partial charge in [-0.05, 0) is 38.2 Å². The van der Waals surface area contributed by atoms with Gasteiger partial charge >= 0.3 is 0 Å². The molecule has 0 bridgehead atoms. The molecule has 7 heteroatoms. The van der Waals surface area contributed by atoms with Crippen LogP contribution in [0.5, 0.6) is 0 Å². The number of ether oxygens (including phenoxy) is 2. The molecule has 2 aliphatic heterocycles. The summed E-state index contributed by atoms with van der Waals surface area (Å²) in [5.41, 5.74) is 3.46. The first kappa shape index (κ1) is 22.2. The number of carbonyl (C=O) groups excluding carboxylic acids is 1. The number of hydrogen-bond acceptors (Lipinski definition) is 5. The van der Waals surface area contributed by atoms with Gasteiger partial charge in [0.15, 0.2) is 0 Å². The topological polar surface area (TPSA) is 68.6 Å². The second kappa shape index (κ2) is 10.5. The minimum atomic E-state index is 0.123. The Labute approximate surface area is 175 Å². The summed E-state index contributed by atoms with van der Waals surface area (Å²) in [5.74, 6) is 1.17. The molecule has 1 aromatic rings. The summed E-state index contributed by atoms with van der Waals surface area (Å²) in [4.78, 5) is 15.1. The van der Waals surface area contributed by atoms with Crippen LogP contribution < -0.4 is 5.32 Å². The van der Waals surface area contributed by atoms with E-state index in [2.05, 4.69) is 40.8 Å². The highest BCUT2D eigenvalue weighted by Crippen LogP contribution is 2.22. The quantitative estimate of drug-likeness (QED) is 0.679. The Balaban J connectivity index is 1.52. The monoisotopic (exact) mass is 406 g/mol. The molecule has 3 heterocycles. The molecule has 2 unspecified atom stereocenters. The zero-order valence-electron chi connectivity index (χ0n) is 18.6. The van der Waals surface area contributed by atoms with Gasteiger partial charge in [-0.2, -0.15) is 5.10 Å². The molecule has 1 amide bonds. The van der Waals surface area contributed by atoms with Crippen molar-refractivity contribution in [3.63, 3.8) is 0 Å². The van der Waals surface area contributed by atoms with E-state index in [0.29, 0.717) is 30.8 Å². The van der Waals surface area contributed by atoms with E-state index in [1.165, 1.54) is 11.3 Å². The number of carbonyl (C=O) groups is 1. The molecular weight excluding hydrogens is 368 g/mol. The molecular formula is C22H38N4O3. The van der Waals surface area contributed by atoms with Crippen LogP contribution in [0.25, 0.3) is 0 Å². The lowest BCUT2D eigenvalue weighted by Gasteiger charge is -2.37. The van der Waals surface area contributed by atoms with E-state index in [-0.39, 0.29) is 5.91 Å². The standard InChI is InChI=1S/C22H38N4O3/c1-16(2)14-26-18(4)20(17(3)24-26)5-6-22(27)23-13-21(19-7-10-29-15-19)25-8-11-28-12-9-25/h16,19,21H,5-15H2,1-4H3,(H,23,27). The summed E-state index contributed by atoms with van der Waals surface area (Å²) in [6, 6.07) is 0.336. The predicted molar refractivity (Wildman–Crippen MR) is 113 cm³/mol. The molecule has 0 saturated carbocycles. The zero-order chi connectivity index (χ0) is 20.8. The summed E-state index contributed by atoms with van der Waals surface area (Å²) in [6.07, 6.45) is 2.33. The second-order valence-electron chi connectivity index (χ2n) is 8.87. The third-order valence-electron chi connectivity index (χ3n) is 6.20. The first-order valence-electron chi connectivity index (χ1n) is 11.1. The fourth-order valence-corrected chi connectivity index (χ4v) is 4.52. The van der Waals surface area contributed by atoms with Crippen molar-refractivity contribution in [2.75, 3.05) is 46.1 Å². The summed E-state index contributed by atoms with van der Waals surface area (Å²) >= 11 is 0. The van der Waals surface area contributed by atoms with Gasteiger partial charge in [-0.3, -0.25) is 14.4 Å². The Hall–Kier alpha value is -1.44. The Bertz CT molecular complexity index is 661. The molecule has 0 radical (unpaired) electrons. The SMILES string of the molecule is Cc1nn(CC(C)C)c(C)c1CCC(=O)NCC(C1CCOC1)N1CCOCC1. The Kier molecular flexibility index (Phi) is 8.09. The highest BCUT2D eigenvalue weighted by atomic mass is 16.5. The molecule has 2 saturated heterocycles. The van der Waals surface area contributed by atoms with E-state index in [1.807, 2.05) is 6.92 Å². The van der Waals surface area contributed by atoms with E-state index in [0.717, 1.165) is 64.6 Å². The predicted octanol–water partition coefficient (Wildman–Crippen LogP) is 1.94. The molecule has 164 valence electrons. The van der Waals surface area contributed by atoms with Crippen molar-refractivity contribution >= 4 is 5.91 Å². The molecule has 0 spiro atoms. The van der Waals surface area contributed by atoms with Gasteiger partial charge in [0.1, 0.15) is 0 Å². The number of nitrogens with zero attached hydrogens (tertiary/aromatic N) is 3. The van der Waals surface area contributed by atoms with Crippen LogP contribution in [-0.4, -0.2) is 72.7 Å². The fraction of sp³-hybridized carbons (Fsp3) is 0.818. The fourth-order valence-electron chi connectivity index (χ4n) is 4.52. The number of rotatable bonds is 9. The molecule has 2 fully saturated rings. The van der Waals surface area contributed by atoms with Gasteiger partial charge in [0.2, 0.25) is 5.91 Å². The minimum absolute atomic E-state index is 0.123. The van der Waals surface area contributed by atoms with E-state index in [1.54, 1.807) is 0 Å². The van der Waals surface area contributed by atoms with Crippen LogP contribution in [0.4, 0.5) is 0 Å². The van der Waals surface area contributed by atoms with Crippen LogP contribution in [0.1, 0.15) is 43.6 Å². The van der Waals surface area contributed by atoms with Crippen LogP contribution in [0.3, 0.4) is 0 Å². The van der Waals surface area contributed by atoms with Crippen molar-refractivity contribution in [1.82, 2.24) is 20.0 Å². The molecule has 1 aromatic heterocycles. The molecule has 2 atom stereocenters. The number of aromatic nitrogens is 2. The van der Waals surface area contributed by atoms with Gasteiger partial charge in [-0.15, -0.1) is 0 Å². The maximum Gasteiger partial charge on any atom is 0.220 e. The molecule has 3 rings (SSSR count). The van der Waals surface area contributed by atoms with Crippen LogP contribution in [0.2, 0.25) is 0 Å². The van der Waals surface area contributed by atoms with Crippen LogP contribution >= 0.6 is 0 Å². The Morgan fingerprint density at radius 3 is 2.62 bits per heavy atom. The second-order valence-corrected chi connectivity index (χ2v) is 8.87. The van der Waals surface area contributed by atoms with Gasteiger partial charge in [0.25, 0.3) is 0 Å². The summed E-state index contributed by atoms with van der Waals surface area (Å²) in [6.45, 7) is 15.2. The van der Waals surface area contributed by atoms with E-state index in [9.17, 15) is 4.79 Å². The molecule has 1 N–H and O–H groups in total. The average Bonchev–Trinajstić information content (AvgIpc) is 3.30. The van der Waals surface area contributed by atoms with Gasteiger partial charge in [0.05, 0.1) is 25.5 Å². The summed E-state index contributed by atoms with van der Waals surface area (Å²) < 4.78 is 13.2. The first-order chi connectivity index (χ1) is 14.0. The maximum absolute atomic E-state index is 12.6. The van der Waals surface area contributed by atoms with E-state index >= 15 is 0 Å². The highest BCUT2D eigenvalue weighted by Gasteiger charge is 2.31. The number of hydrogen-bond donors (Lipinski definition) is 1. The van der Waals surface area contributed by atoms with Crippen LogP contribution in [0, 0.1) is 25.7 Å². The van der Waals surface area contributed by atoms with Gasteiger partial charge in [-0.25, -0.2) is 0 Å². The lowest BCUT2D eigenvalue weighted by atomic mass is 9.96. The highest BCUT2D eigenvalue weighted by molar-refractivity contribution is 5.76. The van der Waals surface area contributed by atoms with E-state index in [4.69, 9.17) is 9.47 Å². The van der Waals surface area contributed by atoms with Crippen molar-refractivity contribution in [2.45, 2.75) is 59.5 Å². The van der Waals surface area contributed by atoms with Crippen LogP contribution in [-0.2, 0) is 27.2 Å². The first-order valence-corrected chi connectivity index (χ1v) is 11.1. The van der Waals surface area contributed by atoms with E-state index < -0.39 is 0 Å². The Morgan fingerprint density at radius 1 is 1.21 bits per heavy atom. The molecule has 7 nitrogen and oxygen atoms in total. The number of aryl methyl sites for hydroxylation is 1. The molecule has 0 aromatic carbocycles. The molecule has 0 aliphatic carbocycles. The largest absolute Gasteiger partial charge is 0.381 e. The summed E-state index contributed by atoms with van der Waals surface area (Å²) in [7, 11) is 0. The zero-order valence-corrected chi connectivity index (χ0v) is 18.6. The van der Waals surface area contributed by atoms with Gasteiger partial charge in [0, 0.05) is 56.9 Å². The summed E-state index contributed by atoms with van der Waals surface area (Å²) in [5, 5.41) is 7.87. The number of nitrogens with one attached hydrogen (secondary N) is 1. The molecule has 2 aliphatic rings. The van der Waals surface area contributed by atoms with Crippen molar-refractivity contribution in [3.8, 4) is 0 Å². The van der Waals surface area contributed by atoms with Crippen molar-refractivity contribution in [2.24, 2.45) is 11.8 Å². The van der Waals surface area contributed by atoms with Gasteiger partial charge < -0.3 is 14.8 Å². The number of morpholine rings is 1.